The van der Waals surface area contributed by atoms with Crippen LogP contribution in [-0.2, 0) is 28.6 Å². The van der Waals surface area contributed by atoms with Crippen LogP contribution in [0.15, 0.2) is 58.5 Å². The Morgan fingerprint density at radius 3 is 2.49 bits per heavy atom. The molecule has 6 atom stereocenters. The predicted molar refractivity (Wildman–Crippen MR) is 171 cm³/mol. The number of methoxy groups -OCH3 is 2. The van der Waals surface area contributed by atoms with Crippen molar-refractivity contribution in [2.45, 2.75) is 71.4 Å². The maximum atomic E-state index is 13.6. The van der Waals surface area contributed by atoms with Gasteiger partial charge in [-0.15, -0.1) is 0 Å². The Hall–Kier alpha value is -2.81. The number of ketones is 2. The molecular weight excluding hydrogens is 669 g/mol. The maximum Gasteiger partial charge on any atom is 0.405 e. The minimum atomic E-state index is -0.995. The van der Waals surface area contributed by atoms with E-state index in [0.29, 0.717) is 18.5 Å². The van der Waals surface area contributed by atoms with Crippen LogP contribution in [0.4, 0.5) is 4.79 Å². The third-order valence-electron chi connectivity index (χ3n) is 7.41. The van der Waals surface area contributed by atoms with Gasteiger partial charge in [0.1, 0.15) is 6.10 Å². The lowest BCUT2D eigenvalue weighted by Gasteiger charge is -2.30. The van der Waals surface area contributed by atoms with Gasteiger partial charge in [0.05, 0.1) is 23.6 Å². The van der Waals surface area contributed by atoms with Crippen LogP contribution in [0.25, 0.3) is 0 Å². The lowest BCUT2D eigenvalue weighted by atomic mass is 9.85. The molecule has 2 rings (SSSR count). The van der Waals surface area contributed by atoms with E-state index < -0.39 is 48.1 Å². The fraction of sp³-hybridized carbons (Fsp3) is 0.548. The molecule has 0 aromatic rings. The molecule has 0 saturated heterocycles. The zero-order chi connectivity index (χ0) is 32.3. The summed E-state index contributed by atoms with van der Waals surface area (Å²) in [6.45, 7) is 7.55. The van der Waals surface area contributed by atoms with Crippen molar-refractivity contribution in [1.82, 2.24) is 10.6 Å². The first-order chi connectivity index (χ1) is 20.3. The fourth-order valence-corrected chi connectivity index (χ4v) is 5.44. The Bertz CT molecular complexity index is 1210. The highest BCUT2D eigenvalue weighted by Crippen LogP contribution is 2.29. The predicted octanol–water partition coefficient (Wildman–Crippen LogP) is 3.18. The number of hydrogen-bond acceptors (Lipinski definition) is 9. The molecule has 2 amide bonds. The molecule has 0 aromatic heterocycles. The van der Waals surface area contributed by atoms with E-state index in [4.69, 9.17) is 19.9 Å². The number of allylic oxidation sites excluding steroid dienone is 4. The summed E-state index contributed by atoms with van der Waals surface area (Å²) in [7, 11) is 2.94. The second kappa shape index (κ2) is 17.5. The van der Waals surface area contributed by atoms with Crippen LogP contribution in [0.1, 0.15) is 47.0 Å². The van der Waals surface area contributed by atoms with E-state index in [9.17, 15) is 24.3 Å². The van der Waals surface area contributed by atoms with Crippen LogP contribution in [0.5, 0.6) is 0 Å². The van der Waals surface area contributed by atoms with Crippen LogP contribution in [0, 0.1) is 11.8 Å². The number of hydrogen-bond donors (Lipinski definition) is 4. The first kappa shape index (κ1) is 36.4. The van der Waals surface area contributed by atoms with E-state index >= 15 is 0 Å². The van der Waals surface area contributed by atoms with Gasteiger partial charge in [0.25, 0.3) is 5.91 Å². The molecule has 0 spiro atoms. The number of Topliss-reactive ketones (excluding diaryl/α,β-unsaturated/α-hetero) is 1. The van der Waals surface area contributed by atoms with Crippen molar-refractivity contribution in [1.29, 1.82) is 0 Å². The Labute approximate surface area is 267 Å². The maximum absolute atomic E-state index is 13.6. The van der Waals surface area contributed by atoms with Crippen LogP contribution in [-0.4, -0.2) is 78.3 Å². The van der Waals surface area contributed by atoms with E-state index in [2.05, 4.69) is 33.2 Å². The SMILES string of the molecule is CO[C@H]1C[C@H](C)CC2=C(NCCCI)C(=O)C=C(NC(=O)/C(C)=C/C=C\[C@@H](OC)[C@@H](OC(N)=O)/C(C)=C/[C@H](C)[C@H]1O)C2=O. The van der Waals surface area contributed by atoms with Crippen LogP contribution in [0.3, 0.4) is 0 Å². The Morgan fingerprint density at radius 2 is 1.88 bits per heavy atom. The fourth-order valence-electron chi connectivity index (χ4n) is 5.06. The molecule has 0 fully saturated rings. The van der Waals surface area contributed by atoms with Crippen molar-refractivity contribution >= 4 is 46.2 Å². The van der Waals surface area contributed by atoms with Crippen LogP contribution in [0.2, 0.25) is 0 Å². The van der Waals surface area contributed by atoms with Gasteiger partial charge in [0.15, 0.2) is 6.10 Å². The second-order valence-electron chi connectivity index (χ2n) is 10.9. The molecule has 238 valence electrons. The van der Waals surface area contributed by atoms with Gasteiger partial charge in [-0.2, -0.15) is 0 Å². The summed E-state index contributed by atoms with van der Waals surface area (Å²) in [6.07, 6.45) is 4.76. The molecule has 12 heteroatoms. The topological polar surface area (TPSA) is 166 Å². The molecule has 2 aliphatic rings. The van der Waals surface area contributed by atoms with Gasteiger partial charge in [-0.3, -0.25) is 14.4 Å². The van der Waals surface area contributed by atoms with Crippen molar-refractivity contribution in [2.75, 3.05) is 25.2 Å². The summed E-state index contributed by atoms with van der Waals surface area (Å²) in [6, 6.07) is 0. The molecule has 0 aromatic carbocycles. The average molecular weight is 714 g/mol. The normalized spacial score (nSPS) is 31.3. The van der Waals surface area contributed by atoms with Gasteiger partial charge in [-0.1, -0.05) is 60.7 Å². The highest BCUT2D eigenvalue weighted by atomic mass is 127. The smallest absolute Gasteiger partial charge is 0.405 e. The van der Waals surface area contributed by atoms with E-state index in [1.807, 2.05) is 13.8 Å². The quantitative estimate of drug-likeness (QED) is 0.102. The summed E-state index contributed by atoms with van der Waals surface area (Å²) in [5.74, 6) is -2.00. The monoisotopic (exact) mass is 713 g/mol. The van der Waals surface area contributed by atoms with Gasteiger partial charge in [-0.25, -0.2) is 4.79 Å². The number of aliphatic hydroxyl groups is 1. The number of nitrogens with two attached hydrogens (primary N) is 1. The van der Waals surface area contributed by atoms with Gasteiger partial charge in [0, 0.05) is 48.3 Å². The lowest BCUT2D eigenvalue weighted by Crippen LogP contribution is -2.38. The first-order valence-corrected chi connectivity index (χ1v) is 15.7. The lowest BCUT2D eigenvalue weighted by molar-refractivity contribution is -0.120. The summed E-state index contributed by atoms with van der Waals surface area (Å²) in [4.78, 5) is 51.6. The molecule has 11 nitrogen and oxygen atoms in total. The molecule has 1 heterocycles. The van der Waals surface area contributed by atoms with Crippen molar-refractivity contribution < 1.29 is 38.5 Å². The number of nitrogens with one attached hydrogen (secondary N) is 2. The van der Waals surface area contributed by atoms with Crippen LogP contribution >= 0.6 is 22.6 Å². The Kier molecular flexibility index (Phi) is 14.8. The third-order valence-corrected chi connectivity index (χ3v) is 8.17. The first-order valence-electron chi connectivity index (χ1n) is 14.2. The third kappa shape index (κ3) is 10.4. The summed E-state index contributed by atoms with van der Waals surface area (Å²) < 4.78 is 17.5. The number of fused-ring (bicyclic) bond motifs is 2. The molecule has 0 unspecified atom stereocenters. The van der Waals surface area contributed by atoms with E-state index in [0.717, 1.165) is 16.9 Å². The number of carbonyl (C=O) groups is 4. The Balaban J connectivity index is 2.61. The van der Waals surface area contributed by atoms with Crippen molar-refractivity contribution in [3.8, 4) is 0 Å². The zero-order valence-electron chi connectivity index (χ0n) is 25.6. The van der Waals surface area contributed by atoms with Gasteiger partial charge in [-0.05, 0) is 44.6 Å². The molecule has 0 radical (unpaired) electrons. The molecule has 43 heavy (non-hydrogen) atoms. The van der Waals surface area contributed by atoms with E-state index in [1.165, 1.54) is 20.3 Å². The van der Waals surface area contributed by atoms with Crippen LogP contribution < -0.4 is 16.4 Å². The zero-order valence-corrected chi connectivity index (χ0v) is 27.8. The second-order valence-corrected chi connectivity index (χ2v) is 12.0. The van der Waals surface area contributed by atoms with Crippen molar-refractivity contribution in [3.63, 3.8) is 0 Å². The molecule has 1 aliphatic carbocycles. The summed E-state index contributed by atoms with van der Waals surface area (Å²) in [5.41, 5.74) is 6.61. The Morgan fingerprint density at radius 1 is 1.19 bits per heavy atom. The van der Waals surface area contributed by atoms with Gasteiger partial charge < -0.3 is 35.7 Å². The van der Waals surface area contributed by atoms with Gasteiger partial charge >= 0.3 is 6.09 Å². The summed E-state index contributed by atoms with van der Waals surface area (Å²) >= 11 is 2.24. The molecule has 0 saturated carbocycles. The average Bonchev–Trinajstić information content (AvgIpc) is 2.95. The number of rotatable bonds is 7. The highest BCUT2D eigenvalue weighted by Gasteiger charge is 2.33. The highest BCUT2D eigenvalue weighted by molar-refractivity contribution is 14.1. The molecule has 2 bridgehead atoms. The largest absolute Gasteiger partial charge is 0.439 e. The van der Waals surface area contributed by atoms with Crippen molar-refractivity contribution in [3.05, 3.63) is 58.5 Å². The van der Waals surface area contributed by atoms with Gasteiger partial charge in [0.2, 0.25) is 11.6 Å². The molecular formula is C31H44IN3O8. The summed E-state index contributed by atoms with van der Waals surface area (Å²) in [5, 5.41) is 17.0. The number of halogens is 1. The van der Waals surface area contributed by atoms with Crippen molar-refractivity contribution in [2.24, 2.45) is 17.6 Å². The molecule has 5 N–H and O–H groups in total. The number of ether oxygens (including phenoxy) is 3. The standard InChI is InChI=1S/C31H44IN3O8/c1-17-13-21-26(34-12-8-11-32)23(36)16-22(28(21)38)35-30(39)18(2)9-7-10-24(41-5)29(43-31(33)40)20(4)15-19(3)27(37)25(14-17)42-6/h7,9-10,15-17,19,24-25,27,29,34,37H,8,11-14H2,1-6H3,(H2,33,40)(H,35,39)/b10-7-,18-9+,20-15+/t17-,19+,24-,25+,27-,29+/m1/s1. The number of alkyl halides is 1. The number of aliphatic hydroxyl groups excluding tert-OH is 1. The number of carbonyl (C=O) groups excluding carboxylic acids is 4. The van der Waals surface area contributed by atoms with E-state index in [1.54, 1.807) is 32.1 Å². The minimum absolute atomic E-state index is 0.104. The minimum Gasteiger partial charge on any atom is -0.439 e. The van der Waals surface area contributed by atoms with E-state index in [-0.39, 0.29) is 40.7 Å². The molecule has 1 aliphatic heterocycles. The number of primary amides is 1. The number of amides is 2.